The van der Waals surface area contributed by atoms with E-state index in [1.807, 2.05) is 0 Å². The van der Waals surface area contributed by atoms with Crippen LogP contribution in [-0.2, 0) is 22.5 Å². The fourth-order valence-corrected chi connectivity index (χ4v) is 3.31. The second-order valence-electron chi connectivity index (χ2n) is 7.21. The highest BCUT2D eigenvalue weighted by molar-refractivity contribution is 6.30. The number of benzene rings is 3. The van der Waals surface area contributed by atoms with Crippen LogP contribution in [0.1, 0.15) is 21.5 Å². The molecular weight excluding hydrogens is 431 g/mol. The summed E-state index contributed by atoms with van der Waals surface area (Å²) < 4.78 is 18.6. The lowest BCUT2D eigenvalue weighted by Crippen LogP contribution is -2.30. The van der Waals surface area contributed by atoms with Crippen molar-refractivity contribution in [3.8, 4) is 0 Å². The van der Waals surface area contributed by atoms with E-state index < -0.39 is 0 Å². The Labute approximate surface area is 191 Å². The van der Waals surface area contributed by atoms with Crippen LogP contribution < -0.4 is 10.2 Å². The van der Waals surface area contributed by atoms with E-state index in [4.69, 9.17) is 16.3 Å². The molecule has 0 saturated carbocycles. The van der Waals surface area contributed by atoms with Crippen molar-refractivity contribution in [3.05, 3.63) is 100 Å². The van der Waals surface area contributed by atoms with Crippen molar-refractivity contribution < 1.29 is 18.7 Å². The molecule has 166 valence electrons. The summed E-state index contributed by atoms with van der Waals surface area (Å²) in [5.41, 5.74) is 2.58. The van der Waals surface area contributed by atoms with Gasteiger partial charge in [-0.1, -0.05) is 35.9 Å². The van der Waals surface area contributed by atoms with Crippen LogP contribution in [0.4, 0.5) is 10.1 Å². The Morgan fingerprint density at radius 3 is 2.38 bits per heavy atom. The van der Waals surface area contributed by atoms with Crippen molar-refractivity contribution in [1.82, 2.24) is 5.32 Å². The van der Waals surface area contributed by atoms with Crippen LogP contribution in [0.25, 0.3) is 0 Å². The highest BCUT2D eigenvalue weighted by atomic mass is 35.5. The number of amides is 2. The Morgan fingerprint density at radius 1 is 1.00 bits per heavy atom. The molecule has 0 aliphatic heterocycles. The zero-order chi connectivity index (χ0) is 22.9. The molecule has 0 fully saturated rings. The van der Waals surface area contributed by atoms with Gasteiger partial charge in [0.1, 0.15) is 5.82 Å². The first-order valence-corrected chi connectivity index (χ1v) is 10.5. The van der Waals surface area contributed by atoms with Crippen molar-refractivity contribution in [2.45, 2.75) is 13.0 Å². The fourth-order valence-electron chi connectivity index (χ4n) is 3.18. The van der Waals surface area contributed by atoms with E-state index in [1.54, 1.807) is 72.7 Å². The molecule has 2 amide bonds. The van der Waals surface area contributed by atoms with Crippen LogP contribution >= 0.6 is 11.6 Å². The molecular formula is C25H24ClFN2O3. The number of rotatable bonds is 9. The molecule has 3 aromatic rings. The summed E-state index contributed by atoms with van der Waals surface area (Å²) in [6.45, 7) is 1.09. The van der Waals surface area contributed by atoms with Gasteiger partial charge in [-0.05, 0) is 59.7 Å². The molecule has 0 radical (unpaired) electrons. The van der Waals surface area contributed by atoms with Gasteiger partial charge in [0.05, 0.1) is 19.6 Å². The molecule has 0 aromatic heterocycles. The second kappa shape index (κ2) is 11.4. The zero-order valence-electron chi connectivity index (χ0n) is 17.7. The molecule has 0 heterocycles. The van der Waals surface area contributed by atoms with E-state index in [2.05, 4.69) is 5.32 Å². The zero-order valence-corrected chi connectivity index (χ0v) is 18.4. The first-order chi connectivity index (χ1) is 15.5. The summed E-state index contributed by atoms with van der Waals surface area (Å²) in [5, 5.41) is 3.31. The highest BCUT2D eigenvalue weighted by Gasteiger charge is 2.19. The summed E-state index contributed by atoms with van der Waals surface area (Å²) in [4.78, 5) is 26.9. The average molecular weight is 455 g/mol. The average Bonchev–Trinajstić information content (AvgIpc) is 2.78. The second-order valence-corrected chi connectivity index (χ2v) is 7.65. The van der Waals surface area contributed by atoms with Crippen LogP contribution in [0.15, 0.2) is 72.8 Å². The van der Waals surface area contributed by atoms with Crippen LogP contribution in [0, 0.1) is 5.82 Å². The molecule has 32 heavy (non-hydrogen) atoms. The van der Waals surface area contributed by atoms with E-state index in [1.165, 1.54) is 12.1 Å². The van der Waals surface area contributed by atoms with Gasteiger partial charge in [-0.15, -0.1) is 0 Å². The summed E-state index contributed by atoms with van der Waals surface area (Å²) >= 11 is 5.95. The normalized spacial score (nSPS) is 10.6. The number of halogens is 2. The number of hydrogen-bond donors (Lipinski definition) is 1. The Kier molecular flexibility index (Phi) is 8.36. The molecule has 0 unspecified atom stereocenters. The number of carbonyl (C=O) groups is 2. The molecule has 0 spiro atoms. The van der Waals surface area contributed by atoms with E-state index >= 15 is 0 Å². The largest absolute Gasteiger partial charge is 0.383 e. The number of ether oxygens (including phenoxy) is 1. The van der Waals surface area contributed by atoms with Crippen molar-refractivity contribution in [3.63, 3.8) is 0 Å². The van der Waals surface area contributed by atoms with Gasteiger partial charge in [0, 0.05) is 29.9 Å². The topological polar surface area (TPSA) is 58.6 Å². The maximum absolute atomic E-state index is 13.7. The van der Waals surface area contributed by atoms with E-state index in [0.29, 0.717) is 35.0 Å². The molecule has 0 saturated heterocycles. The van der Waals surface area contributed by atoms with Crippen LogP contribution in [0.2, 0.25) is 5.02 Å². The number of hydrogen-bond acceptors (Lipinski definition) is 3. The van der Waals surface area contributed by atoms with Crippen molar-refractivity contribution >= 4 is 29.1 Å². The third-order valence-corrected chi connectivity index (χ3v) is 5.06. The Morgan fingerprint density at radius 2 is 1.72 bits per heavy atom. The molecule has 0 aliphatic rings. The monoisotopic (exact) mass is 454 g/mol. The lowest BCUT2D eigenvalue weighted by atomic mass is 10.1. The van der Waals surface area contributed by atoms with E-state index in [9.17, 15) is 14.0 Å². The summed E-state index contributed by atoms with van der Waals surface area (Å²) in [7, 11) is 1.58. The van der Waals surface area contributed by atoms with Gasteiger partial charge in [0.25, 0.3) is 5.91 Å². The van der Waals surface area contributed by atoms with Crippen LogP contribution in [-0.4, -0.2) is 32.1 Å². The predicted octanol–water partition coefficient (Wildman–Crippen LogP) is 4.63. The molecule has 0 bridgehead atoms. The molecule has 0 aliphatic carbocycles. The molecule has 5 nitrogen and oxygen atoms in total. The highest BCUT2D eigenvalue weighted by Crippen LogP contribution is 2.22. The first kappa shape index (κ1) is 23.4. The number of methoxy groups -OCH3 is 1. The number of nitrogens with zero attached hydrogens (tertiary/aromatic N) is 1. The fraction of sp³-hybridized carbons (Fsp3) is 0.200. The smallest absolute Gasteiger partial charge is 0.258 e. The number of nitrogens with one attached hydrogen (secondary N) is 1. The minimum Gasteiger partial charge on any atom is -0.383 e. The minimum absolute atomic E-state index is 0.108. The molecule has 0 atom stereocenters. The summed E-state index contributed by atoms with van der Waals surface area (Å²) in [6, 6.07) is 19.9. The Bertz CT molecular complexity index is 1060. The first-order valence-electron chi connectivity index (χ1n) is 10.1. The standard InChI is InChI=1S/C25H24ClFN2O3/c1-32-14-13-28-24(30)16-18-5-11-23(12-6-18)29(17-19-3-2-4-22(27)15-19)25(31)20-7-9-21(26)10-8-20/h2-12,15H,13-14,16-17H2,1H3,(H,28,30). The maximum atomic E-state index is 13.7. The Hall–Kier alpha value is -3.22. The van der Waals surface area contributed by atoms with Gasteiger partial charge in [-0.25, -0.2) is 4.39 Å². The van der Waals surface area contributed by atoms with Crippen LogP contribution in [0.3, 0.4) is 0 Å². The van der Waals surface area contributed by atoms with Crippen molar-refractivity contribution in [2.75, 3.05) is 25.2 Å². The van der Waals surface area contributed by atoms with Gasteiger partial charge >= 0.3 is 0 Å². The van der Waals surface area contributed by atoms with Gasteiger partial charge < -0.3 is 15.0 Å². The van der Waals surface area contributed by atoms with E-state index in [-0.39, 0.29) is 30.6 Å². The third kappa shape index (κ3) is 6.64. The maximum Gasteiger partial charge on any atom is 0.258 e. The van der Waals surface area contributed by atoms with Crippen LogP contribution in [0.5, 0.6) is 0 Å². The SMILES string of the molecule is COCCNC(=O)Cc1ccc(N(Cc2cccc(F)c2)C(=O)c2ccc(Cl)cc2)cc1. The lowest BCUT2D eigenvalue weighted by molar-refractivity contribution is -0.120. The van der Waals surface area contributed by atoms with Crippen molar-refractivity contribution in [2.24, 2.45) is 0 Å². The van der Waals surface area contributed by atoms with Crippen molar-refractivity contribution in [1.29, 1.82) is 0 Å². The lowest BCUT2D eigenvalue weighted by Gasteiger charge is -2.23. The molecule has 7 heteroatoms. The molecule has 1 N–H and O–H groups in total. The number of anilines is 1. The Balaban J connectivity index is 1.81. The van der Waals surface area contributed by atoms with Gasteiger partial charge in [0.15, 0.2) is 0 Å². The third-order valence-electron chi connectivity index (χ3n) is 4.81. The summed E-state index contributed by atoms with van der Waals surface area (Å²) in [5.74, 6) is -0.712. The predicted molar refractivity (Wildman–Crippen MR) is 123 cm³/mol. The van der Waals surface area contributed by atoms with Gasteiger partial charge in [-0.2, -0.15) is 0 Å². The molecule has 3 rings (SSSR count). The molecule has 3 aromatic carbocycles. The van der Waals surface area contributed by atoms with Gasteiger partial charge in [0.2, 0.25) is 5.91 Å². The quantitative estimate of drug-likeness (QED) is 0.479. The van der Waals surface area contributed by atoms with Gasteiger partial charge in [-0.3, -0.25) is 9.59 Å². The number of carbonyl (C=O) groups excluding carboxylic acids is 2. The summed E-state index contributed by atoms with van der Waals surface area (Å²) in [6.07, 6.45) is 0.221. The van der Waals surface area contributed by atoms with E-state index in [0.717, 1.165) is 5.56 Å². The minimum atomic E-state index is -0.365.